The number of carbonyl (C=O) groups is 1. The van der Waals surface area contributed by atoms with Crippen LogP contribution in [0.5, 0.6) is 5.75 Å². The number of methoxy groups -OCH3 is 1. The number of carbonyl (C=O) groups excluding carboxylic acids is 1. The molecule has 1 aromatic rings. The topological polar surface area (TPSA) is 72.5 Å². The van der Waals surface area contributed by atoms with E-state index < -0.39 is 15.9 Å². The Labute approximate surface area is 118 Å². The van der Waals surface area contributed by atoms with Crippen molar-refractivity contribution in [2.24, 2.45) is 0 Å². The molecule has 0 aliphatic heterocycles. The number of hydrogen-bond donors (Lipinski definition) is 2. The van der Waals surface area contributed by atoms with Crippen LogP contribution in [-0.4, -0.2) is 39.0 Å². The van der Waals surface area contributed by atoms with Crippen molar-refractivity contribution in [2.45, 2.75) is 17.9 Å². The first-order chi connectivity index (χ1) is 8.89. The summed E-state index contributed by atoms with van der Waals surface area (Å²) in [6.07, 6.45) is 0. The molecule has 0 aliphatic rings. The molecule has 19 heavy (non-hydrogen) atoms. The fraction of sp³-hybridized carbons (Fsp3) is 0.417. The Morgan fingerprint density at radius 2 is 1.95 bits per heavy atom. The summed E-state index contributed by atoms with van der Waals surface area (Å²) in [6.45, 7) is 1.34. The smallest absolute Gasteiger partial charge is 0.217 e. The first kappa shape index (κ1) is 15.8. The van der Waals surface area contributed by atoms with Gasteiger partial charge in [0.2, 0.25) is 5.91 Å². The molecule has 1 aromatic carbocycles. The molecule has 0 bridgehead atoms. The SMILES string of the molecule is COc1ccc(S(=O)(=O)CC(CS)NC(C)=O)cc1. The Kier molecular flexibility index (Phi) is 5.68. The van der Waals surface area contributed by atoms with E-state index in [1.165, 1.54) is 26.2 Å². The molecule has 0 spiro atoms. The Morgan fingerprint density at radius 1 is 1.37 bits per heavy atom. The fourth-order valence-corrected chi connectivity index (χ4v) is 3.44. The molecule has 1 rings (SSSR count). The Hall–Kier alpha value is -1.21. The van der Waals surface area contributed by atoms with Crippen LogP contribution in [0.4, 0.5) is 0 Å². The largest absolute Gasteiger partial charge is 0.497 e. The predicted molar refractivity (Wildman–Crippen MR) is 76.5 cm³/mol. The maximum Gasteiger partial charge on any atom is 0.217 e. The average molecular weight is 303 g/mol. The highest BCUT2D eigenvalue weighted by atomic mass is 32.2. The lowest BCUT2D eigenvalue weighted by Crippen LogP contribution is -2.40. The van der Waals surface area contributed by atoms with Gasteiger partial charge >= 0.3 is 0 Å². The van der Waals surface area contributed by atoms with Crippen molar-refractivity contribution in [3.63, 3.8) is 0 Å². The van der Waals surface area contributed by atoms with Crippen molar-refractivity contribution in [2.75, 3.05) is 18.6 Å². The molecule has 0 aliphatic carbocycles. The van der Waals surface area contributed by atoms with Gasteiger partial charge in [0, 0.05) is 12.7 Å². The lowest BCUT2D eigenvalue weighted by atomic mass is 10.3. The number of hydrogen-bond acceptors (Lipinski definition) is 5. The number of ether oxygens (including phenoxy) is 1. The van der Waals surface area contributed by atoms with Gasteiger partial charge in [0.15, 0.2) is 9.84 Å². The van der Waals surface area contributed by atoms with Crippen molar-refractivity contribution in [3.8, 4) is 5.75 Å². The minimum absolute atomic E-state index is 0.178. The second-order valence-electron chi connectivity index (χ2n) is 4.04. The maximum atomic E-state index is 12.2. The summed E-state index contributed by atoms with van der Waals surface area (Å²) in [6, 6.07) is 5.63. The predicted octanol–water partition coefficient (Wildman–Crippen LogP) is 0.903. The molecule has 7 heteroatoms. The van der Waals surface area contributed by atoms with Crippen molar-refractivity contribution in [1.82, 2.24) is 5.32 Å². The number of sulfone groups is 1. The highest BCUT2D eigenvalue weighted by Gasteiger charge is 2.21. The summed E-state index contributed by atoms with van der Waals surface area (Å²) >= 11 is 4.05. The van der Waals surface area contributed by atoms with Gasteiger partial charge in [-0.15, -0.1) is 0 Å². The number of benzene rings is 1. The Morgan fingerprint density at radius 3 is 2.37 bits per heavy atom. The van der Waals surface area contributed by atoms with Crippen molar-refractivity contribution in [1.29, 1.82) is 0 Å². The van der Waals surface area contributed by atoms with Crippen LogP contribution in [0.2, 0.25) is 0 Å². The van der Waals surface area contributed by atoms with Crippen LogP contribution < -0.4 is 10.1 Å². The molecule has 1 N–H and O–H groups in total. The third-order valence-corrected chi connectivity index (χ3v) is 4.74. The van der Waals surface area contributed by atoms with E-state index in [0.717, 1.165) is 0 Å². The molecule has 1 unspecified atom stereocenters. The van der Waals surface area contributed by atoms with Crippen LogP contribution in [-0.2, 0) is 14.6 Å². The van der Waals surface area contributed by atoms with Gasteiger partial charge in [-0.05, 0) is 24.3 Å². The molecule has 0 saturated heterocycles. The van der Waals surface area contributed by atoms with E-state index >= 15 is 0 Å². The van der Waals surface area contributed by atoms with Crippen LogP contribution in [0.1, 0.15) is 6.92 Å². The molecule has 0 heterocycles. The quantitative estimate of drug-likeness (QED) is 0.766. The summed E-state index contributed by atoms with van der Waals surface area (Å²) < 4.78 is 29.3. The van der Waals surface area contributed by atoms with Gasteiger partial charge in [-0.2, -0.15) is 12.6 Å². The molecule has 0 radical (unpaired) electrons. The van der Waals surface area contributed by atoms with E-state index in [9.17, 15) is 13.2 Å². The van der Waals surface area contributed by atoms with Crippen LogP contribution in [0, 0.1) is 0 Å². The number of rotatable bonds is 6. The van der Waals surface area contributed by atoms with Gasteiger partial charge in [-0.3, -0.25) is 4.79 Å². The Bertz CT molecular complexity index is 525. The van der Waals surface area contributed by atoms with E-state index in [4.69, 9.17) is 4.74 Å². The minimum Gasteiger partial charge on any atom is -0.497 e. The first-order valence-corrected chi connectivity index (χ1v) is 7.92. The summed E-state index contributed by atoms with van der Waals surface area (Å²) in [5.41, 5.74) is 0. The summed E-state index contributed by atoms with van der Waals surface area (Å²) in [5, 5.41) is 2.56. The van der Waals surface area contributed by atoms with E-state index in [0.29, 0.717) is 5.75 Å². The van der Waals surface area contributed by atoms with Crippen molar-refractivity contribution in [3.05, 3.63) is 24.3 Å². The molecule has 0 fully saturated rings. The zero-order chi connectivity index (χ0) is 14.5. The number of amides is 1. The molecule has 106 valence electrons. The van der Waals surface area contributed by atoms with E-state index in [1.807, 2.05) is 0 Å². The Balaban J connectivity index is 2.86. The molecule has 0 saturated carbocycles. The standard InChI is InChI=1S/C12H17NO4S2/c1-9(14)13-10(7-18)8-19(15,16)12-5-3-11(17-2)4-6-12/h3-6,10,18H,7-8H2,1-2H3,(H,13,14). The fourth-order valence-electron chi connectivity index (χ4n) is 1.57. The molecule has 1 atom stereocenters. The number of nitrogens with one attached hydrogen (secondary N) is 1. The van der Waals surface area contributed by atoms with E-state index in [2.05, 4.69) is 17.9 Å². The molecule has 0 aromatic heterocycles. The normalized spacial score (nSPS) is 12.8. The second-order valence-corrected chi connectivity index (χ2v) is 6.44. The first-order valence-electron chi connectivity index (χ1n) is 5.64. The van der Waals surface area contributed by atoms with E-state index in [1.54, 1.807) is 12.1 Å². The van der Waals surface area contributed by atoms with Crippen molar-refractivity contribution >= 4 is 28.4 Å². The highest BCUT2D eigenvalue weighted by Crippen LogP contribution is 2.17. The molecule has 5 nitrogen and oxygen atoms in total. The van der Waals surface area contributed by atoms with Gasteiger partial charge in [-0.1, -0.05) is 0 Å². The van der Waals surface area contributed by atoms with E-state index in [-0.39, 0.29) is 22.3 Å². The zero-order valence-electron chi connectivity index (χ0n) is 10.8. The summed E-state index contributed by atoms with van der Waals surface area (Å²) in [4.78, 5) is 11.2. The van der Waals surface area contributed by atoms with Gasteiger partial charge < -0.3 is 10.1 Å². The lowest BCUT2D eigenvalue weighted by molar-refractivity contribution is -0.119. The van der Waals surface area contributed by atoms with Gasteiger partial charge in [-0.25, -0.2) is 8.42 Å². The highest BCUT2D eigenvalue weighted by molar-refractivity contribution is 7.91. The second kappa shape index (κ2) is 6.81. The van der Waals surface area contributed by atoms with Crippen LogP contribution in [0.25, 0.3) is 0 Å². The summed E-state index contributed by atoms with van der Waals surface area (Å²) in [7, 11) is -1.95. The zero-order valence-corrected chi connectivity index (χ0v) is 12.5. The lowest BCUT2D eigenvalue weighted by Gasteiger charge is -2.15. The van der Waals surface area contributed by atoms with Crippen LogP contribution >= 0.6 is 12.6 Å². The van der Waals surface area contributed by atoms with Crippen molar-refractivity contribution < 1.29 is 17.9 Å². The average Bonchev–Trinajstić information content (AvgIpc) is 2.37. The molecular formula is C12H17NO4S2. The summed E-state index contributed by atoms with van der Waals surface area (Å²) in [5.74, 6) is 0.396. The third-order valence-electron chi connectivity index (χ3n) is 2.47. The number of thiol groups is 1. The van der Waals surface area contributed by atoms with Crippen LogP contribution in [0.15, 0.2) is 29.2 Å². The third kappa shape index (κ3) is 4.76. The monoisotopic (exact) mass is 303 g/mol. The maximum absolute atomic E-state index is 12.2. The molecular weight excluding hydrogens is 286 g/mol. The molecule has 1 amide bonds. The van der Waals surface area contributed by atoms with Gasteiger partial charge in [0.1, 0.15) is 5.75 Å². The van der Waals surface area contributed by atoms with Gasteiger partial charge in [0.05, 0.1) is 23.8 Å². The minimum atomic E-state index is -3.46. The van der Waals surface area contributed by atoms with Crippen LogP contribution in [0.3, 0.4) is 0 Å². The van der Waals surface area contributed by atoms with Gasteiger partial charge in [0.25, 0.3) is 0 Å².